The van der Waals surface area contributed by atoms with Crippen molar-refractivity contribution < 1.29 is 14.0 Å². The van der Waals surface area contributed by atoms with Gasteiger partial charge in [-0.05, 0) is 42.8 Å². The molecule has 2 aromatic carbocycles. The van der Waals surface area contributed by atoms with Crippen LogP contribution in [0.1, 0.15) is 27.2 Å². The van der Waals surface area contributed by atoms with Gasteiger partial charge in [-0.1, -0.05) is 35.9 Å². The molecule has 0 aliphatic rings. The standard InChI is InChI=1S/C24H22N4O3/c1-17-5-2-6-18(11-17)12-23(29)27-20-14-26-28(16-20)21-8-3-7-19(13-21)24(30)25-15-22-9-4-10-31-22/h2-11,13-14,16H,12,15H2,1H3,(H,25,30)(H,27,29). The van der Waals surface area contributed by atoms with Crippen molar-refractivity contribution in [3.8, 4) is 5.69 Å². The van der Waals surface area contributed by atoms with E-state index in [1.165, 1.54) is 0 Å². The summed E-state index contributed by atoms with van der Waals surface area (Å²) in [4.78, 5) is 24.8. The molecule has 156 valence electrons. The number of benzene rings is 2. The summed E-state index contributed by atoms with van der Waals surface area (Å²) in [6, 6.07) is 18.5. The van der Waals surface area contributed by atoms with Gasteiger partial charge in [0.25, 0.3) is 5.91 Å². The summed E-state index contributed by atoms with van der Waals surface area (Å²) in [7, 11) is 0. The molecule has 7 heteroatoms. The lowest BCUT2D eigenvalue weighted by molar-refractivity contribution is -0.115. The second kappa shape index (κ2) is 9.13. The quantitative estimate of drug-likeness (QED) is 0.480. The molecule has 0 radical (unpaired) electrons. The molecular formula is C24H22N4O3. The lowest BCUT2D eigenvalue weighted by Crippen LogP contribution is -2.22. The molecule has 0 spiro atoms. The molecule has 0 unspecified atom stereocenters. The maximum Gasteiger partial charge on any atom is 0.251 e. The lowest BCUT2D eigenvalue weighted by atomic mass is 10.1. The van der Waals surface area contributed by atoms with Gasteiger partial charge in [-0.15, -0.1) is 0 Å². The van der Waals surface area contributed by atoms with Gasteiger partial charge in [-0.25, -0.2) is 4.68 Å². The number of nitrogens with zero attached hydrogens (tertiary/aromatic N) is 2. The van der Waals surface area contributed by atoms with Gasteiger partial charge in [0.1, 0.15) is 5.76 Å². The molecule has 0 saturated carbocycles. The summed E-state index contributed by atoms with van der Waals surface area (Å²) in [6.07, 6.45) is 5.15. The Labute approximate surface area is 179 Å². The maximum atomic E-state index is 12.4. The molecule has 2 amide bonds. The van der Waals surface area contributed by atoms with Crippen molar-refractivity contribution in [1.29, 1.82) is 0 Å². The number of hydrogen-bond donors (Lipinski definition) is 2. The monoisotopic (exact) mass is 414 g/mol. The predicted molar refractivity (Wildman–Crippen MR) is 117 cm³/mol. The van der Waals surface area contributed by atoms with E-state index >= 15 is 0 Å². The van der Waals surface area contributed by atoms with Gasteiger partial charge in [0, 0.05) is 5.56 Å². The first-order chi connectivity index (χ1) is 15.1. The van der Waals surface area contributed by atoms with Crippen molar-refractivity contribution in [2.24, 2.45) is 0 Å². The lowest BCUT2D eigenvalue weighted by Gasteiger charge is -2.06. The van der Waals surface area contributed by atoms with Crippen LogP contribution in [-0.2, 0) is 17.8 Å². The second-order valence-corrected chi connectivity index (χ2v) is 7.20. The number of rotatable bonds is 7. The molecule has 0 atom stereocenters. The number of carbonyl (C=O) groups is 2. The van der Waals surface area contributed by atoms with Crippen molar-refractivity contribution in [3.63, 3.8) is 0 Å². The third-order valence-electron chi connectivity index (χ3n) is 4.69. The van der Waals surface area contributed by atoms with Gasteiger partial charge in [-0.2, -0.15) is 5.10 Å². The van der Waals surface area contributed by atoms with E-state index in [2.05, 4.69) is 15.7 Å². The van der Waals surface area contributed by atoms with Crippen LogP contribution >= 0.6 is 0 Å². The summed E-state index contributed by atoms with van der Waals surface area (Å²) < 4.78 is 6.84. The molecular weight excluding hydrogens is 392 g/mol. The van der Waals surface area contributed by atoms with E-state index in [-0.39, 0.29) is 18.2 Å². The Balaban J connectivity index is 1.39. The summed E-state index contributed by atoms with van der Waals surface area (Å²) in [5.74, 6) is 0.357. The van der Waals surface area contributed by atoms with Crippen molar-refractivity contribution >= 4 is 17.5 Å². The number of nitrogens with one attached hydrogen (secondary N) is 2. The highest BCUT2D eigenvalue weighted by Crippen LogP contribution is 2.15. The molecule has 0 fully saturated rings. The summed E-state index contributed by atoms with van der Waals surface area (Å²) in [6.45, 7) is 2.31. The molecule has 4 aromatic rings. The minimum Gasteiger partial charge on any atom is -0.467 e. The van der Waals surface area contributed by atoms with E-state index in [1.807, 2.05) is 37.3 Å². The van der Waals surface area contributed by atoms with Crippen LogP contribution in [0.25, 0.3) is 5.69 Å². The van der Waals surface area contributed by atoms with Gasteiger partial charge < -0.3 is 15.1 Å². The number of furan rings is 1. The molecule has 2 heterocycles. The SMILES string of the molecule is Cc1cccc(CC(=O)Nc2cnn(-c3cccc(C(=O)NCc4ccco4)c3)c2)c1. The molecule has 0 aliphatic heterocycles. The van der Waals surface area contributed by atoms with E-state index < -0.39 is 0 Å². The van der Waals surface area contributed by atoms with Crippen LogP contribution in [0.15, 0.2) is 83.7 Å². The van der Waals surface area contributed by atoms with Crippen LogP contribution in [-0.4, -0.2) is 21.6 Å². The fourth-order valence-corrected chi connectivity index (χ4v) is 3.21. The zero-order chi connectivity index (χ0) is 21.6. The van der Waals surface area contributed by atoms with Gasteiger partial charge in [-0.3, -0.25) is 9.59 Å². The van der Waals surface area contributed by atoms with E-state index in [9.17, 15) is 9.59 Å². The van der Waals surface area contributed by atoms with Crippen molar-refractivity contribution in [3.05, 3.63) is 102 Å². The maximum absolute atomic E-state index is 12.4. The average Bonchev–Trinajstić information content (AvgIpc) is 3.44. The highest BCUT2D eigenvalue weighted by molar-refractivity contribution is 5.94. The van der Waals surface area contributed by atoms with Crippen LogP contribution in [0.4, 0.5) is 5.69 Å². The Morgan fingerprint density at radius 1 is 1.06 bits per heavy atom. The summed E-state index contributed by atoms with van der Waals surface area (Å²) >= 11 is 0. The highest BCUT2D eigenvalue weighted by atomic mass is 16.3. The molecule has 2 N–H and O–H groups in total. The van der Waals surface area contributed by atoms with E-state index in [4.69, 9.17) is 4.42 Å². The first kappa shape index (κ1) is 20.2. The zero-order valence-corrected chi connectivity index (χ0v) is 17.0. The third-order valence-corrected chi connectivity index (χ3v) is 4.69. The van der Waals surface area contributed by atoms with Crippen molar-refractivity contribution in [1.82, 2.24) is 15.1 Å². The minimum atomic E-state index is -0.211. The van der Waals surface area contributed by atoms with E-state index in [1.54, 1.807) is 53.7 Å². The van der Waals surface area contributed by atoms with Crippen molar-refractivity contribution in [2.75, 3.05) is 5.32 Å². The first-order valence-electron chi connectivity index (χ1n) is 9.88. The molecule has 0 saturated heterocycles. The van der Waals surface area contributed by atoms with E-state index in [0.29, 0.717) is 29.2 Å². The van der Waals surface area contributed by atoms with Crippen LogP contribution < -0.4 is 10.6 Å². The average molecular weight is 414 g/mol. The number of hydrogen-bond acceptors (Lipinski definition) is 4. The van der Waals surface area contributed by atoms with Gasteiger partial charge in [0.15, 0.2) is 0 Å². The van der Waals surface area contributed by atoms with Crippen LogP contribution in [0.3, 0.4) is 0 Å². The summed E-state index contributed by atoms with van der Waals surface area (Å²) in [5, 5.41) is 9.98. The largest absolute Gasteiger partial charge is 0.467 e. The fraction of sp³-hybridized carbons (Fsp3) is 0.125. The van der Waals surface area contributed by atoms with Gasteiger partial charge in [0.2, 0.25) is 5.91 Å². The molecule has 0 aliphatic carbocycles. The number of amides is 2. The molecule has 7 nitrogen and oxygen atoms in total. The minimum absolute atomic E-state index is 0.115. The number of carbonyl (C=O) groups excluding carboxylic acids is 2. The van der Waals surface area contributed by atoms with Gasteiger partial charge in [0.05, 0.1) is 43.0 Å². The third kappa shape index (κ3) is 5.27. The predicted octanol–water partition coefficient (Wildman–Crippen LogP) is 3.88. The normalized spacial score (nSPS) is 10.6. The molecule has 2 aromatic heterocycles. The highest BCUT2D eigenvalue weighted by Gasteiger charge is 2.10. The zero-order valence-electron chi connectivity index (χ0n) is 17.0. The Hall–Kier alpha value is -4.13. The number of anilines is 1. The van der Waals surface area contributed by atoms with Crippen molar-refractivity contribution in [2.45, 2.75) is 19.9 Å². The molecule has 4 rings (SSSR count). The molecule has 31 heavy (non-hydrogen) atoms. The smallest absolute Gasteiger partial charge is 0.251 e. The Bertz CT molecular complexity index is 1200. The molecule has 0 bridgehead atoms. The topological polar surface area (TPSA) is 89.2 Å². The Kier molecular flexibility index (Phi) is 5.93. The Morgan fingerprint density at radius 2 is 1.94 bits per heavy atom. The second-order valence-electron chi connectivity index (χ2n) is 7.20. The van der Waals surface area contributed by atoms with Crippen LogP contribution in [0.2, 0.25) is 0 Å². The first-order valence-corrected chi connectivity index (χ1v) is 9.88. The van der Waals surface area contributed by atoms with Crippen LogP contribution in [0.5, 0.6) is 0 Å². The Morgan fingerprint density at radius 3 is 2.74 bits per heavy atom. The van der Waals surface area contributed by atoms with E-state index in [0.717, 1.165) is 11.1 Å². The fourth-order valence-electron chi connectivity index (χ4n) is 3.21. The summed E-state index contributed by atoms with van der Waals surface area (Å²) in [5.41, 5.74) is 3.88. The number of aryl methyl sites for hydroxylation is 1. The van der Waals surface area contributed by atoms with Crippen LogP contribution in [0, 0.1) is 6.92 Å². The van der Waals surface area contributed by atoms with Gasteiger partial charge >= 0.3 is 0 Å². The number of aromatic nitrogens is 2.